The number of sulfonamides is 1. The fourth-order valence-corrected chi connectivity index (χ4v) is 5.52. The summed E-state index contributed by atoms with van der Waals surface area (Å²) in [5.74, 6) is -0.968. The molecule has 0 unspecified atom stereocenters. The molecule has 6 N–H and O–H groups in total. The van der Waals surface area contributed by atoms with Gasteiger partial charge in [-0.3, -0.25) is 14.9 Å². The number of aromatic amines is 1. The Morgan fingerprint density at radius 1 is 1.11 bits per heavy atom. The maximum Gasteiger partial charge on any atom is 0.257 e. The third-order valence-electron chi connectivity index (χ3n) is 6.32. The molecule has 2 heterocycles. The second kappa shape index (κ2) is 11.9. The molecule has 0 saturated carbocycles. The lowest BCUT2D eigenvalue weighted by Crippen LogP contribution is -2.53. The first-order valence-electron chi connectivity index (χ1n) is 12.3. The van der Waals surface area contributed by atoms with Gasteiger partial charge < -0.3 is 20.7 Å². The summed E-state index contributed by atoms with van der Waals surface area (Å²) in [5, 5.41) is 19.2. The number of anilines is 1. The van der Waals surface area contributed by atoms with Gasteiger partial charge in [-0.25, -0.2) is 18.1 Å². The number of aliphatic hydroxyl groups is 1. The molecule has 1 aliphatic rings. The number of aromatic nitrogens is 2. The largest absolute Gasteiger partial charge is 0.381 e. The standard InChI is InChI=1S/C26H32N6O5S/c1-16-8-10-20(11-9-16)38(36,37)32-19-13-22(27-15-19)24(34)30-21(12-18-6-4-3-5-7-18)23(33)25(35)31-26-28-14-17(2)29-26/h3-11,14,19,21-23,27,32-33H,12-13,15H2,1-2H3,(H,30,34)(H2,28,29,31,35)/t19-,21+,22+,23-/m1/s1. The number of aryl methyl sites for hydroxylation is 2. The number of carbonyl (C=O) groups is 2. The van der Waals surface area contributed by atoms with E-state index in [1.165, 1.54) is 12.1 Å². The van der Waals surface area contributed by atoms with Crippen LogP contribution >= 0.6 is 0 Å². The van der Waals surface area contributed by atoms with Crippen LogP contribution in [0.3, 0.4) is 0 Å². The highest BCUT2D eigenvalue weighted by atomic mass is 32.2. The molecule has 0 aliphatic carbocycles. The molecule has 1 saturated heterocycles. The summed E-state index contributed by atoms with van der Waals surface area (Å²) in [6, 6.07) is 13.5. The highest BCUT2D eigenvalue weighted by molar-refractivity contribution is 7.89. The van der Waals surface area contributed by atoms with Gasteiger partial charge in [-0.2, -0.15) is 0 Å². The van der Waals surface area contributed by atoms with Crippen molar-refractivity contribution in [1.29, 1.82) is 0 Å². The molecule has 11 nitrogen and oxygen atoms in total. The van der Waals surface area contributed by atoms with Crippen LogP contribution < -0.4 is 20.7 Å². The third kappa shape index (κ3) is 7.04. The molecule has 1 fully saturated rings. The molecule has 12 heteroatoms. The lowest BCUT2D eigenvalue weighted by Gasteiger charge is -2.25. The maximum atomic E-state index is 13.1. The van der Waals surface area contributed by atoms with E-state index in [4.69, 9.17) is 0 Å². The summed E-state index contributed by atoms with van der Waals surface area (Å²) in [7, 11) is -3.75. The highest BCUT2D eigenvalue weighted by Gasteiger charge is 2.35. The average Bonchev–Trinajstić information content (AvgIpc) is 3.52. The molecule has 0 bridgehead atoms. The first kappa shape index (κ1) is 27.5. The number of H-pyrrole nitrogens is 1. The van der Waals surface area contributed by atoms with Crippen molar-refractivity contribution >= 4 is 27.8 Å². The molecule has 4 rings (SSSR count). The van der Waals surface area contributed by atoms with Crippen LogP contribution in [0.4, 0.5) is 5.95 Å². The van der Waals surface area contributed by atoms with E-state index in [1.54, 1.807) is 25.3 Å². The number of nitrogens with zero attached hydrogens (tertiary/aromatic N) is 1. The second-order valence-corrected chi connectivity index (χ2v) is 11.2. The fraction of sp³-hybridized carbons (Fsp3) is 0.346. The van der Waals surface area contributed by atoms with Crippen LogP contribution in [-0.4, -0.2) is 66.1 Å². The molecule has 0 radical (unpaired) electrons. The van der Waals surface area contributed by atoms with Crippen LogP contribution in [0, 0.1) is 13.8 Å². The molecule has 4 atom stereocenters. The van der Waals surface area contributed by atoms with Gasteiger partial charge in [-0.1, -0.05) is 48.0 Å². The Balaban J connectivity index is 1.40. The van der Waals surface area contributed by atoms with Gasteiger partial charge in [0, 0.05) is 24.5 Å². The zero-order valence-corrected chi connectivity index (χ0v) is 22.0. The lowest BCUT2D eigenvalue weighted by molar-refractivity contribution is -0.128. The van der Waals surface area contributed by atoms with E-state index in [9.17, 15) is 23.1 Å². The predicted molar refractivity (Wildman–Crippen MR) is 142 cm³/mol. The van der Waals surface area contributed by atoms with Crippen molar-refractivity contribution in [2.45, 2.75) is 55.8 Å². The number of hydrogen-bond donors (Lipinski definition) is 6. The molecular formula is C26H32N6O5S. The molecule has 2 aromatic carbocycles. The van der Waals surface area contributed by atoms with Crippen molar-refractivity contribution in [1.82, 2.24) is 25.3 Å². The summed E-state index contributed by atoms with van der Waals surface area (Å²) in [5.41, 5.74) is 2.51. The van der Waals surface area contributed by atoms with E-state index in [0.29, 0.717) is 0 Å². The number of rotatable bonds is 10. The zero-order chi connectivity index (χ0) is 27.3. The summed E-state index contributed by atoms with van der Waals surface area (Å²) in [4.78, 5) is 32.9. The van der Waals surface area contributed by atoms with Crippen LogP contribution in [0.25, 0.3) is 0 Å². The fourth-order valence-electron chi connectivity index (χ4n) is 4.27. The molecule has 2 amide bonds. The molecule has 38 heavy (non-hydrogen) atoms. The Morgan fingerprint density at radius 2 is 1.82 bits per heavy atom. The number of hydrogen-bond acceptors (Lipinski definition) is 7. The minimum Gasteiger partial charge on any atom is -0.381 e. The normalized spacial score (nSPS) is 19.0. The summed E-state index contributed by atoms with van der Waals surface area (Å²) in [6.45, 7) is 3.91. The molecule has 1 aromatic heterocycles. The van der Waals surface area contributed by atoms with Crippen molar-refractivity contribution in [2.75, 3.05) is 11.9 Å². The highest BCUT2D eigenvalue weighted by Crippen LogP contribution is 2.15. The quantitative estimate of drug-likeness (QED) is 0.221. The molecule has 202 valence electrons. The number of amides is 2. The van der Waals surface area contributed by atoms with Gasteiger partial charge in [0.2, 0.25) is 21.9 Å². The number of benzene rings is 2. The Kier molecular flexibility index (Phi) is 8.57. The van der Waals surface area contributed by atoms with Crippen molar-refractivity contribution in [3.63, 3.8) is 0 Å². The Morgan fingerprint density at radius 3 is 2.47 bits per heavy atom. The Hall–Kier alpha value is -3.58. The van der Waals surface area contributed by atoms with Crippen LogP contribution in [0.2, 0.25) is 0 Å². The van der Waals surface area contributed by atoms with E-state index >= 15 is 0 Å². The van der Waals surface area contributed by atoms with Crippen molar-refractivity contribution < 1.29 is 23.1 Å². The topological polar surface area (TPSA) is 165 Å². The predicted octanol–water partition coefficient (Wildman–Crippen LogP) is 0.762. The van der Waals surface area contributed by atoms with Crippen molar-refractivity contribution in [3.05, 3.63) is 77.6 Å². The summed E-state index contributed by atoms with van der Waals surface area (Å²) in [6.07, 6.45) is 0.389. The lowest BCUT2D eigenvalue weighted by atomic mass is 10.00. The van der Waals surface area contributed by atoms with Gasteiger partial charge in [-0.05, 0) is 44.4 Å². The number of nitrogens with one attached hydrogen (secondary N) is 5. The van der Waals surface area contributed by atoms with Crippen LogP contribution in [0.5, 0.6) is 0 Å². The summed E-state index contributed by atoms with van der Waals surface area (Å²) < 4.78 is 28.1. The van der Waals surface area contributed by atoms with E-state index in [2.05, 4.69) is 30.6 Å². The molecular weight excluding hydrogens is 508 g/mol. The monoisotopic (exact) mass is 540 g/mol. The van der Waals surface area contributed by atoms with Crippen LogP contribution in [-0.2, 0) is 26.0 Å². The number of aliphatic hydroxyl groups excluding tert-OH is 1. The number of imidazole rings is 1. The van der Waals surface area contributed by atoms with Crippen molar-refractivity contribution in [3.8, 4) is 0 Å². The van der Waals surface area contributed by atoms with E-state index in [1.807, 2.05) is 37.3 Å². The average molecular weight is 541 g/mol. The van der Waals surface area contributed by atoms with E-state index in [0.717, 1.165) is 16.8 Å². The van der Waals surface area contributed by atoms with Crippen LogP contribution in [0.15, 0.2) is 65.7 Å². The Labute approximate surface area is 221 Å². The van der Waals surface area contributed by atoms with E-state index in [-0.39, 0.29) is 30.2 Å². The van der Waals surface area contributed by atoms with Gasteiger partial charge in [0.1, 0.15) is 0 Å². The van der Waals surface area contributed by atoms with Gasteiger partial charge >= 0.3 is 0 Å². The second-order valence-electron chi connectivity index (χ2n) is 9.48. The third-order valence-corrected chi connectivity index (χ3v) is 7.86. The molecule has 1 aliphatic heterocycles. The van der Waals surface area contributed by atoms with Gasteiger partial charge in [0.05, 0.1) is 17.0 Å². The van der Waals surface area contributed by atoms with Crippen molar-refractivity contribution in [2.24, 2.45) is 0 Å². The van der Waals surface area contributed by atoms with Gasteiger partial charge in [0.15, 0.2) is 6.10 Å². The smallest absolute Gasteiger partial charge is 0.257 e. The SMILES string of the molecule is Cc1ccc(S(=O)(=O)N[C@H]2CN[C@H](C(=O)N[C@@H](Cc3ccccc3)[C@@H](O)C(=O)Nc3ncc(C)[nH]3)C2)cc1. The van der Waals surface area contributed by atoms with E-state index < -0.39 is 46.1 Å². The first-order valence-corrected chi connectivity index (χ1v) is 13.8. The first-order chi connectivity index (χ1) is 18.1. The van der Waals surface area contributed by atoms with Gasteiger partial charge in [-0.15, -0.1) is 0 Å². The zero-order valence-electron chi connectivity index (χ0n) is 21.1. The van der Waals surface area contributed by atoms with Crippen LogP contribution in [0.1, 0.15) is 23.2 Å². The van der Waals surface area contributed by atoms with Gasteiger partial charge in [0.25, 0.3) is 5.91 Å². The summed E-state index contributed by atoms with van der Waals surface area (Å²) >= 11 is 0. The maximum absolute atomic E-state index is 13.1. The minimum atomic E-state index is -3.75. The molecule has 0 spiro atoms. The minimum absolute atomic E-state index is 0.153. The molecule has 3 aromatic rings. The number of carbonyl (C=O) groups excluding carboxylic acids is 2. The Bertz CT molecular complexity index is 1360.